The number of hydrogen-bond acceptors (Lipinski definition) is 4. The summed E-state index contributed by atoms with van der Waals surface area (Å²) >= 11 is 11.4. The molecule has 0 saturated heterocycles. The van der Waals surface area contributed by atoms with Gasteiger partial charge in [0.15, 0.2) is 0 Å². The van der Waals surface area contributed by atoms with Crippen molar-refractivity contribution in [1.82, 2.24) is 20.4 Å². The molecule has 126 valence electrons. The lowest BCUT2D eigenvalue weighted by atomic mass is 9.86. The number of hydrogen-bond donors (Lipinski definition) is 2. The summed E-state index contributed by atoms with van der Waals surface area (Å²) in [4.78, 5) is 35.5. The van der Waals surface area contributed by atoms with Crippen molar-refractivity contribution < 1.29 is 9.59 Å². The summed E-state index contributed by atoms with van der Waals surface area (Å²) in [5, 5.41) is 8.49. The zero-order valence-electron chi connectivity index (χ0n) is 12.6. The van der Waals surface area contributed by atoms with Crippen LogP contribution in [0.1, 0.15) is 32.6 Å². The molecule has 1 aliphatic rings. The maximum Gasteiger partial charge on any atom is 0.321 e. The number of aromatic nitrogens is 2. The van der Waals surface area contributed by atoms with Crippen molar-refractivity contribution in [2.45, 2.75) is 45.2 Å². The van der Waals surface area contributed by atoms with Gasteiger partial charge in [-0.2, -0.15) is 5.10 Å². The molecular weight excluding hydrogens is 343 g/mol. The Labute approximate surface area is 143 Å². The minimum Gasteiger partial charge on any atom is -0.335 e. The molecule has 2 atom stereocenters. The number of nitrogens with one attached hydrogen (secondary N) is 2. The van der Waals surface area contributed by atoms with Crippen molar-refractivity contribution in [3.8, 4) is 0 Å². The third kappa shape index (κ3) is 4.68. The van der Waals surface area contributed by atoms with Gasteiger partial charge >= 0.3 is 6.03 Å². The zero-order valence-corrected chi connectivity index (χ0v) is 14.2. The number of rotatable bonds is 3. The molecule has 0 unspecified atom stereocenters. The lowest BCUT2D eigenvalue weighted by molar-refractivity contribution is -0.120. The normalized spacial score (nSPS) is 20.8. The number of nitrogens with zero attached hydrogens (tertiary/aromatic N) is 2. The molecule has 0 aliphatic heterocycles. The summed E-state index contributed by atoms with van der Waals surface area (Å²) < 4.78 is 0.847. The Balaban J connectivity index is 1.90. The summed E-state index contributed by atoms with van der Waals surface area (Å²) in [7, 11) is 0. The molecule has 0 bridgehead atoms. The van der Waals surface area contributed by atoms with Crippen LogP contribution in [-0.2, 0) is 11.3 Å². The van der Waals surface area contributed by atoms with Crippen LogP contribution in [0.5, 0.6) is 0 Å². The van der Waals surface area contributed by atoms with Gasteiger partial charge in [-0.25, -0.2) is 9.48 Å². The fourth-order valence-electron chi connectivity index (χ4n) is 2.59. The van der Waals surface area contributed by atoms with E-state index in [0.29, 0.717) is 5.92 Å². The Hall–Kier alpha value is -1.60. The number of amides is 3. The maximum absolute atomic E-state index is 11.9. The molecule has 3 amide bonds. The van der Waals surface area contributed by atoms with E-state index < -0.39 is 24.0 Å². The van der Waals surface area contributed by atoms with Gasteiger partial charge in [0, 0.05) is 6.04 Å². The fourth-order valence-corrected chi connectivity index (χ4v) is 2.87. The van der Waals surface area contributed by atoms with Gasteiger partial charge in [0.25, 0.3) is 5.56 Å². The highest BCUT2D eigenvalue weighted by Crippen LogP contribution is 2.23. The number of carbonyl (C=O) groups is 2. The van der Waals surface area contributed by atoms with Crippen LogP contribution in [0.3, 0.4) is 0 Å². The SMILES string of the molecule is C[C@H]1CCCC[C@@H]1NC(=O)NC(=O)Cn1ncc(Cl)c(Cl)c1=O. The van der Waals surface area contributed by atoms with E-state index in [4.69, 9.17) is 23.2 Å². The van der Waals surface area contributed by atoms with E-state index in [2.05, 4.69) is 22.7 Å². The van der Waals surface area contributed by atoms with Crippen molar-refractivity contribution in [2.75, 3.05) is 0 Å². The first kappa shape index (κ1) is 17.7. The Morgan fingerprint density at radius 2 is 2.04 bits per heavy atom. The van der Waals surface area contributed by atoms with Gasteiger partial charge in [-0.15, -0.1) is 0 Å². The van der Waals surface area contributed by atoms with Crippen LogP contribution in [0.15, 0.2) is 11.0 Å². The summed E-state index contributed by atoms with van der Waals surface area (Å²) in [5.41, 5.74) is -0.685. The lowest BCUT2D eigenvalue weighted by Crippen LogP contribution is -2.48. The minimum atomic E-state index is -0.685. The third-order valence-corrected chi connectivity index (χ3v) is 4.67. The molecule has 1 saturated carbocycles. The summed E-state index contributed by atoms with van der Waals surface area (Å²) in [6.07, 6.45) is 5.35. The second-order valence-corrected chi connectivity index (χ2v) is 6.44. The highest BCUT2D eigenvalue weighted by molar-refractivity contribution is 6.41. The smallest absolute Gasteiger partial charge is 0.321 e. The van der Waals surface area contributed by atoms with E-state index in [9.17, 15) is 14.4 Å². The number of imide groups is 1. The average molecular weight is 361 g/mol. The monoisotopic (exact) mass is 360 g/mol. The molecule has 0 aromatic carbocycles. The molecule has 1 heterocycles. The molecule has 2 rings (SSSR count). The van der Waals surface area contributed by atoms with Crippen LogP contribution < -0.4 is 16.2 Å². The molecule has 0 spiro atoms. The summed E-state index contributed by atoms with van der Waals surface area (Å²) in [5.74, 6) is -0.275. The number of urea groups is 1. The van der Waals surface area contributed by atoms with Gasteiger partial charge in [-0.1, -0.05) is 43.0 Å². The summed E-state index contributed by atoms with van der Waals surface area (Å²) in [6, 6.07) is -0.510. The molecular formula is C14H18Cl2N4O3. The predicted molar refractivity (Wildman–Crippen MR) is 86.6 cm³/mol. The van der Waals surface area contributed by atoms with Crippen LogP contribution >= 0.6 is 23.2 Å². The van der Waals surface area contributed by atoms with Crippen LogP contribution in [0.25, 0.3) is 0 Å². The molecule has 23 heavy (non-hydrogen) atoms. The van der Waals surface area contributed by atoms with Gasteiger partial charge in [0.1, 0.15) is 11.6 Å². The van der Waals surface area contributed by atoms with E-state index in [-0.39, 0.29) is 16.1 Å². The molecule has 2 N–H and O–H groups in total. The van der Waals surface area contributed by atoms with E-state index in [0.717, 1.165) is 30.4 Å². The molecule has 9 heteroatoms. The van der Waals surface area contributed by atoms with E-state index in [1.54, 1.807) is 0 Å². The highest BCUT2D eigenvalue weighted by atomic mass is 35.5. The average Bonchev–Trinajstić information content (AvgIpc) is 2.50. The molecule has 1 aromatic heterocycles. The van der Waals surface area contributed by atoms with Crippen molar-refractivity contribution in [2.24, 2.45) is 5.92 Å². The van der Waals surface area contributed by atoms with E-state index in [1.165, 1.54) is 6.20 Å². The van der Waals surface area contributed by atoms with Crippen LogP contribution in [0.2, 0.25) is 10.0 Å². The lowest BCUT2D eigenvalue weighted by Gasteiger charge is -2.29. The Morgan fingerprint density at radius 3 is 2.74 bits per heavy atom. The van der Waals surface area contributed by atoms with Crippen LogP contribution in [0.4, 0.5) is 4.79 Å². The van der Waals surface area contributed by atoms with Crippen molar-refractivity contribution in [3.05, 3.63) is 26.6 Å². The first-order chi connectivity index (χ1) is 10.9. The Bertz CT molecular complexity index is 662. The van der Waals surface area contributed by atoms with Crippen LogP contribution in [-0.4, -0.2) is 27.8 Å². The molecule has 1 aliphatic carbocycles. The largest absolute Gasteiger partial charge is 0.335 e. The Morgan fingerprint density at radius 1 is 1.35 bits per heavy atom. The topological polar surface area (TPSA) is 93.1 Å². The highest BCUT2D eigenvalue weighted by Gasteiger charge is 2.23. The number of carbonyl (C=O) groups excluding carboxylic acids is 2. The molecule has 1 fully saturated rings. The molecule has 7 nitrogen and oxygen atoms in total. The zero-order chi connectivity index (χ0) is 17.0. The minimum absolute atomic E-state index is 0.0114. The van der Waals surface area contributed by atoms with Gasteiger partial charge in [0.2, 0.25) is 5.91 Å². The Kier molecular flexibility index (Phi) is 6.01. The maximum atomic E-state index is 11.9. The molecule has 1 aromatic rings. The molecule has 0 radical (unpaired) electrons. The quantitative estimate of drug-likeness (QED) is 0.861. The summed E-state index contributed by atoms with van der Waals surface area (Å²) in [6.45, 7) is 1.66. The second kappa shape index (κ2) is 7.79. The van der Waals surface area contributed by atoms with Gasteiger partial charge < -0.3 is 5.32 Å². The third-order valence-electron chi connectivity index (χ3n) is 3.92. The van der Waals surface area contributed by atoms with E-state index >= 15 is 0 Å². The van der Waals surface area contributed by atoms with Crippen LogP contribution in [0, 0.1) is 5.92 Å². The first-order valence-corrected chi connectivity index (χ1v) is 8.15. The van der Waals surface area contributed by atoms with E-state index in [1.807, 2.05) is 0 Å². The van der Waals surface area contributed by atoms with Gasteiger partial charge in [0.05, 0.1) is 11.2 Å². The van der Waals surface area contributed by atoms with Crippen molar-refractivity contribution >= 4 is 35.1 Å². The standard InChI is InChI=1S/C14H18Cl2N4O3/c1-8-4-2-3-5-10(8)18-14(23)19-11(21)7-20-13(22)12(16)9(15)6-17-20/h6,8,10H,2-5,7H2,1H3,(H2,18,19,21,23)/t8-,10-/m0/s1. The first-order valence-electron chi connectivity index (χ1n) is 7.40. The van der Waals surface area contributed by atoms with Gasteiger partial charge in [-0.05, 0) is 18.8 Å². The fraction of sp³-hybridized carbons (Fsp3) is 0.571. The second-order valence-electron chi connectivity index (χ2n) is 5.66. The predicted octanol–water partition coefficient (Wildman–Crippen LogP) is 1.95. The van der Waals surface area contributed by atoms with Crippen molar-refractivity contribution in [3.63, 3.8) is 0 Å². The number of halogens is 2. The van der Waals surface area contributed by atoms with Crippen molar-refractivity contribution in [1.29, 1.82) is 0 Å². The van der Waals surface area contributed by atoms with Gasteiger partial charge in [-0.3, -0.25) is 14.9 Å².